The highest BCUT2D eigenvalue weighted by atomic mass is 35.5. The summed E-state index contributed by atoms with van der Waals surface area (Å²) in [5, 5.41) is 7.57. The number of carbonyl (C=O) groups excluding carboxylic acids is 1. The lowest BCUT2D eigenvalue weighted by Gasteiger charge is -2.06. The van der Waals surface area contributed by atoms with Crippen LogP contribution in [-0.4, -0.2) is 18.7 Å². The molecule has 0 fully saturated rings. The smallest absolute Gasteiger partial charge is 0.261 e. The molecule has 6 heteroatoms. The number of rotatable bonds is 6. The van der Waals surface area contributed by atoms with Crippen LogP contribution in [0.2, 0.25) is 10.0 Å². The molecule has 0 bridgehead atoms. The van der Waals surface area contributed by atoms with Crippen molar-refractivity contribution >= 4 is 35.3 Å². The number of benzene rings is 2. The molecule has 1 N–H and O–H groups in total. The Hall–Kier alpha value is -2.04. The number of aryl methyl sites for hydroxylation is 1. The molecule has 0 aromatic heterocycles. The molecule has 1 amide bonds. The maximum Gasteiger partial charge on any atom is 0.261 e. The van der Waals surface area contributed by atoms with E-state index in [2.05, 4.69) is 10.5 Å². The Bertz CT molecular complexity index is 717. The van der Waals surface area contributed by atoms with E-state index >= 15 is 0 Å². The average Bonchev–Trinajstić information content (AvgIpc) is 2.52. The standard InChI is InChI=1S/C17H16Cl2N2O2/c1-12-4-2-3-5-13(12)10-21-23-11-17(22)20-9-14-6-7-15(18)8-16(14)19/h2-8,10H,9,11H2,1H3,(H,20,22)/b21-10-. The number of amides is 1. The van der Waals surface area contributed by atoms with Crippen LogP contribution in [0.1, 0.15) is 16.7 Å². The van der Waals surface area contributed by atoms with Crippen molar-refractivity contribution in [1.29, 1.82) is 0 Å². The minimum absolute atomic E-state index is 0.159. The first kappa shape index (κ1) is 17.3. The number of oxime groups is 1. The third kappa shape index (κ3) is 5.58. The molecule has 0 atom stereocenters. The normalized spacial score (nSPS) is 10.7. The van der Waals surface area contributed by atoms with Crippen LogP contribution in [0.3, 0.4) is 0 Å². The van der Waals surface area contributed by atoms with E-state index < -0.39 is 0 Å². The van der Waals surface area contributed by atoms with Crippen molar-refractivity contribution in [2.45, 2.75) is 13.5 Å². The highest BCUT2D eigenvalue weighted by Gasteiger charge is 2.05. The number of nitrogens with zero attached hydrogens (tertiary/aromatic N) is 1. The molecule has 2 aromatic rings. The number of halogens is 2. The molecular formula is C17H16Cl2N2O2. The van der Waals surface area contributed by atoms with Gasteiger partial charge in [0.2, 0.25) is 0 Å². The Kier molecular flexibility index (Phi) is 6.44. The maximum atomic E-state index is 11.7. The van der Waals surface area contributed by atoms with Crippen molar-refractivity contribution in [3.05, 3.63) is 69.2 Å². The molecule has 0 radical (unpaired) electrons. The van der Waals surface area contributed by atoms with Gasteiger partial charge in [-0.1, -0.05) is 58.7 Å². The zero-order valence-corrected chi connectivity index (χ0v) is 14.1. The molecule has 0 saturated heterocycles. The van der Waals surface area contributed by atoms with Crippen LogP contribution in [0.4, 0.5) is 0 Å². The maximum absolute atomic E-state index is 11.7. The molecule has 2 rings (SSSR count). The molecule has 0 saturated carbocycles. The van der Waals surface area contributed by atoms with E-state index in [9.17, 15) is 4.79 Å². The summed E-state index contributed by atoms with van der Waals surface area (Å²) >= 11 is 11.8. The highest BCUT2D eigenvalue weighted by molar-refractivity contribution is 6.35. The minimum atomic E-state index is -0.280. The van der Waals surface area contributed by atoms with Gasteiger partial charge in [-0.05, 0) is 35.7 Å². The fourth-order valence-corrected chi connectivity index (χ4v) is 2.31. The molecule has 0 spiro atoms. The second-order valence-electron chi connectivity index (χ2n) is 4.88. The monoisotopic (exact) mass is 350 g/mol. The fourth-order valence-electron chi connectivity index (χ4n) is 1.83. The van der Waals surface area contributed by atoms with Gasteiger partial charge in [-0.2, -0.15) is 0 Å². The summed E-state index contributed by atoms with van der Waals surface area (Å²) in [5.74, 6) is -0.280. The lowest BCUT2D eigenvalue weighted by Crippen LogP contribution is -2.26. The third-order valence-corrected chi connectivity index (χ3v) is 3.73. The SMILES string of the molecule is Cc1ccccc1/C=N\OCC(=O)NCc1ccc(Cl)cc1Cl. The van der Waals surface area contributed by atoms with Gasteiger partial charge in [-0.3, -0.25) is 4.79 Å². The lowest BCUT2D eigenvalue weighted by molar-refractivity contribution is -0.125. The van der Waals surface area contributed by atoms with Crippen LogP contribution in [0.15, 0.2) is 47.6 Å². The number of hydrogen-bond donors (Lipinski definition) is 1. The molecule has 0 heterocycles. The van der Waals surface area contributed by atoms with E-state index in [4.69, 9.17) is 28.0 Å². The molecule has 4 nitrogen and oxygen atoms in total. The quantitative estimate of drug-likeness (QED) is 0.632. The van der Waals surface area contributed by atoms with Gasteiger partial charge in [0.1, 0.15) is 0 Å². The van der Waals surface area contributed by atoms with Crippen molar-refractivity contribution in [3.63, 3.8) is 0 Å². The molecular weight excluding hydrogens is 335 g/mol. The predicted octanol–water partition coefficient (Wildman–Crippen LogP) is 3.97. The van der Waals surface area contributed by atoms with Crippen LogP contribution in [0.5, 0.6) is 0 Å². The summed E-state index contributed by atoms with van der Waals surface area (Å²) in [5.41, 5.74) is 2.82. The zero-order chi connectivity index (χ0) is 16.7. The highest BCUT2D eigenvalue weighted by Crippen LogP contribution is 2.20. The molecule has 0 unspecified atom stereocenters. The predicted molar refractivity (Wildman–Crippen MR) is 93.0 cm³/mol. The van der Waals surface area contributed by atoms with Crippen molar-refractivity contribution in [1.82, 2.24) is 5.32 Å². The molecule has 120 valence electrons. The number of carbonyl (C=O) groups is 1. The summed E-state index contributed by atoms with van der Waals surface area (Å²) < 4.78 is 0. The Morgan fingerprint density at radius 1 is 1.26 bits per heavy atom. The molecule has 0 aliphatic rings. The van der Waals surface area contributed by atoms with Crippen molar-refractivity contribution in [3.8, 4) is 0 Å². The third-order valence-electron chi connectivity index (χ3n) is 3.14. The first-order chi connectivity index (χ1) is 11.1. The summed E-state index contributed by atoms with van der Waals surface area (Å²) in [6.07, 6.45) is 1.58. The molecule has 0 aliphatic carbocycles. The van der Waals surface area contributed by atoms with E-state index in [1.807, 2.05) is 31.2 Å². The van der Waals surface area contributed by atoms with Crippen molar-refractivity contribution in [2.75, 3.05) is 6.61 Å². The molecule has 23 heavy (non-hydrogen) atoms. The Morgan fingerprint density at radius 2 is 2.04 bits per heavy atom. The average molecular weight is 351 g/mol. The van der Waals surface area contributed by atoms with E-state index in [0.29, 0.717) is 16.6 Å². The van der Waals surface area contributed by atoms with Crippen LogP contribution in [0.25, 0.3) is 0 Å². The summed E-state index contributed by atoms with van der Waals surface area (Å²) in [6, 6.07) is 12.9. The fraction of sp³-hybridized carbons (Fsp3) is 0.176. The van der Waals surface area contributed by atoms with Gasteiger partial charge in [0.05, 0.1) is 6.21 Å². The number of nitrogens with one attached hydrogen (secondary N) is 1. The van der Waals surface area contributed by atoms with Crippen molar-refractivity contribution in [2.24, 2.45) is 5.16 Å². The van der Waals surface area contributed by atoms with Crippen LogP contribution in [0, 0.1) is 6.92 Å². The van der Waals surface area contributed by atoms with Crippen LogP contribution >= 0.6 is 23.2 Å². The second-order valence-corrected chi connectivity index (χ2v) is 5.72. The second kappa shape index (κ2) is 8.56. The van der Waals surface area contributed by atoms with Gasteiger partial charge in [-0.25, -0.2) is 0 Å². The van der Waals surface area contributed by atoms with Gasteiger partial charge >= 0.3 is 0 Å². The zero-order valence-electron chi connectivity index (χ0n) is 12.6. The van der Waals surface area contributed by atoms with Crippen LogP contribution < -0.4 is 5.32 Å². The summed E-state index contributed by atoms with van der Waals surface area (Å²) in [7, 11) is 0. The minimum Gasteiger partial charge on any atom is -0.386 e. The Labute approximate surface area is 145 Å². The lowest BCUT2D eigenvalue weighted by atomic mass is 10.1. The Morgan fingerprint density at radius 3 is 2.78 bits per heavy atom. The van der Waals surface area contributed by atoms with E-state index in [1.54, 1.807) is 24.4 Å². The van der Waals surface area contributed by atoms with Gasteiger partial charge in [0, 0.05) is 16.6 Å². The molecule has 2 aromatic carbocycles. The van der Waals surface area contributed by atoms with Gasteiger partial charge in [-0.15, -0.1) is 0 Å². The first-order valence-electron chi connectivity index (χ1n) is 6.98. The van der Waals surface area contributed by atoms with Gasteiger partial charge in [0.25, 0.3) is 5.91 Å². The van der Waals surface area contributed by atoms with E-state index in [-0.39, 0.29) is 12.5 Å². The van der Waals surface area contributed by atoms with Gasteiger partial charge in [0.15, 0.2) is 6.61 Å². The number of hydrogen-bond acceptors (Lipinski definition) is 3. The largest absolute Gasteiger partial charge is 0.386 e. The molecule has 0 aliphatic heterocycles. The van der Waals surface area contributed by atoms with Crippen LogP contribution in [-0.2, 0) is 16.2 Å². The Balaban J connectivity index is 1.76. The summed E-state index contributed by atoms with van der Waals surface area (Å²) in [6.45, 7) is 2.12. The first-order valence-corrected chi connectivity index (χ1v) is 7.73. The van der Waals surface area contributed by atoms with E-state index in [0.717, 1.165) is 16.7 Å². The van der Waals surface area contributed by atoms with Crippen molar-refractivity contribution < 1.29 is 9.63 Å². The van der Waals surface area contributed by atoms with E-state index in [1.165, 1.54) is 0 Å². The topological polar surface area (TPSA) is 50.7 Å². The van der Waals surface area contributed by atoms with Gasteiger partial charge < -0.3 is 10.2 Å². The summed E-state index contributed by atoms with van der Waals surface area (Å²) in [4.78, 5) is 16.7.